The monoisotopic (exact) mass is 332 g/mol. The predicted octanol–water partition coefficient (Wildman–Crippen LogP) is 3.42. The number of amides is 1. The topological polar surface area (TPSA) is 41.6 Å². The fraction of sp³-hybridized carbons (Fsp3) is 0.526. The van der Waals surface area contributed by atoms with Gasteiger partial charge in [0, 0.05) is 19.7 Å². The summed E-state index contributed by atoms with van der Waals surface area (Å²) in [6.07, 6.45) is 8.54. The molecule has 1 aliphatic carbocycles. The average Bonchev–Trinajstić information content (AvgIpc) is 2.58. The van der Waals surface area contributed by atoms with E-state index in [9.17, 15) is 9.18 Å². The van der Waals surface area contributed by atoms with Gasteiger partial charge in [0.2, 0.25) is 5.91 Å². The standard InChI is InChI=1S/C19H25FN2O2/c1-22-16(13-24-18-11-15(20)7-8-17(18)22)12-19(23)21-10-9-14-5-3-2-4-6-14/h5,7-8,11,16H,2-4,6,9-10,12-13H2,1H3,(H,21,23). The molecule has 0 fully saturated rings. The highest BCUT2D eigenvalue weighted by molar-refractivity contribution is 5.77. The minimum absolute atomic E-state index is 0.0307. The molecule has 1 heterocycles. The van der Waals surface area contributed by atoms with Crippen molar-refractivity contribution in [3.8, 4) is 5.75 Å². The van der Waals surface area contributed by atoms with E-state index < -0.39 is 0 Å². The van der Waals surface area contributed by atoms with Crippen LogP contribution in [0, 0.1) is 5.82 Å². The van der Waals surface area contributed by atoms with Gasteiger partial charge in [0.25, 0.3) is 0 Å². The second-order valence-electron chi connectivity index (χ2n) is 6.60. The molecule has 0 saturated heterocycles. The number of allylic oxidation sites excluding steroid dienone is 1. The molecule has 0 radical (unpaired) electrons. The number of benzene rings is 1. The molecule has 2 aliphatic rings. The summed E-state index contributed by atoms with van der Waals surface area (Å²) in [5.41, 5.74) is 2.29. The van der Waals surface area contributed by atoms with Gasteiger partial charge in [-0.25, -0.2) is 4.39 Å². The van der Waals surface area contributed by atoms with Gasteiger partial charge in [-0.15, -0.1) is 0 Å². The summed E-state index contributed by atoms with van der Waals surface area (Å²) in [6, 6.07) is 4.47. The van der Waals surface area contributed by atoms with Crippen molar-refractivity contribution in [2.75, 3.05) is 25.1 Å². The van der Waals surface area contributed by atoms with Crippen LogP contribution in [0.25, 0.3) is 0 Å². The number of halogens is 1. The zero-order chi connectivity index (χ0) is 16.9. The lowest BCUT2D eigenvalue weighted by Crippen LogP contribution is -2.44. The molecule has 0 spiro atoms. The predicted molar refractivity (Wildman–Crippen MR) is 92.9 cm³/mol. The first kappa shape index (κ1) is 16.8. The highest BCUT2D eigenvalue weighted by atomic mass is 19.1. The molecule has 0 bridgehead atoms. The molecule has 24 heavy (non-hydrogen) atoms. The van der Waals surface area contributed by atoms with E-state index >= 15 is 0 Å². The lowest BCUT2D eigenvalue weighted by Gasteiger charge is -2.35. The number of rotatable bonds is 5. The summed E-state index contributed by atoms with van der Waals surface area (Å²) in [6.45, 7) is 1.09. The first-order chi connectivity index (χ1) is 11.6. The van der Waals surface area contributed by atoms with Crippen LogP contribution in [0.1, 0.15) is 38.5 Å². The number of carbonyl (C=O) groups excluding carboxylic acids is 1. The van der Waals surface area contributed by atoms with E-state index in [1.54, 1.807) is 6.07 Å². The molecule has 1 amide bonds. The second kappa shape index (κ2) is 7.69. The quantitative estimate of drug-likeness (QED) is 0.840. The van der Waals surface area contributed by atoms with Gasteiger partial charge >= 0.3 is 0 Å². The Balaban J connectivity index is 1.48. The Morgan fingerprint density at radius 2 is 2.29 bits per heavy atom. The van der Waals surface area contributed by atoms with Crippen molar-refractivity contribution in [1.82, 2.24) is 5.32 Å². The molecule has 1 aliphatic heterocycles. The Morgan fingerprint density at radius 3 is 3.08 bits per heavy atom. The van der Waals surface area contributed by atoms with Crippen molar-refractivity contribution in [2.45, 2.75) is 44.6 Å². The van der Waals surface area contributed by atoms with Gasteiger partial charge in [0.05, 0.1) is 18.2 Å². The molecule has 1 unspecified atom stereocenters. The molecule has 1 aromatic rings. The molecule has 0 saturated carbocycles. The Labute approximate surface area is 142 Å². The molecule has 1 atom stereocenters. The van der Waals surface area contributed by atoms with Crippen LogP contribution < -0.4 is 15.0 Å². The zero-order valence-electron chi connectivity index (χ0n) is 14.2. The maximum atomic E-state index is 13.3. The maximum Gasteiger partial charge on any atom is 0.222 e. The molecule has 4 nitrogen and oxygen atoms in total. The average molecular weight is 332 g/mol. The SMILES string of the molecule is CN1c2ccc(F)cc2OCC1CC(=O)NCCC1=CCCCC1. The van der Waals surface area contributed by atoms with Crippen molar-refractivity contribution in [3.05, 3.63) is 35.7 Å². The van der Waals surface area contributed by atoms with Gasteiger partial charge in [-0.2, -0.15) is 0 Å². The number of anilines is 1. The van der Waals surface area contributed by atoms with E-state index in [2.05, 4.69) is 11.4 Å². The summed E-state index contributed by atoms with van der Waals surface area (Å²) in [5.74, 6) is 0.270. The maximum absolute atomic E-state index is 13.3. The third kappa shape index (κ3) is 4.08. The summed E-state index contributed by atoms with van der Waals surface area (Å²) >= 11 is 0. The first-order valence-corrected chi connectivity index (χ1v) is 8.73. The molecule has 130 valence electrons. The van der Waals surface area contributed by atoms with Gasteiger partial charge < -0.3 is 15.0 Å². The fourth-order valence-corrected chi connectivity index (χ4v) is 3.37. The summed E-state index contributed by atoms with van der Waals surface area (Å²) in [7, 11) is 1.92. The van der Waals surface area contributed by atoms with E-state index in [0.717, 1.165) is 12.1 Å². The molecule has 1 N–H and O–H groups in total. The van der Waals surface area contributed by atoms with Gasteiger partial charge in [-0.3, -0.25) is 4.79 Å². The summed E-state index contributed by atoms with van der Waals surface area (Å²) in [5, 5.41) is 3.01. The van der Waals surface area contributed by atoms with Crippen LogP contribution in [0.15, 0.2) is 29.8 Å². The Kier molecular flexibility index (Phi) is 5.38. The number of fused-ring (bicyclic) bond motifs is 1. The highest BCUT2D eigenvalue weighted by Crippen LogP contribution is 2.34. The van der Waals surface area contributed by atoms with Crippen LogP contribution in [0.3, 0.4) is 0 Å². The number of hydrogen-bond donors (Lipinski definition) is 1. The van der Waals surface area contributed by atoms with Crippen LogP contribution in [0.5, 0.6) is 5.75 Å². The van der Waals surface area contributed by atoms with E-state index in [0.29, 0.717) is 25.3 Å². The Morgan fingerprint density at radius 1 is 1.42 bits per heavy atom. The summed E-state index contributed by atoms with van der Waals surface area (Å²) < 4.78 is 18.9. The fourth-order valence-electron chi connectivity index (χ4n) is 3.37. The van der Waals surface area contributed by atoms with Gasteiger partial charge in [-0.05, 0) is 44.2 Å². The van der Waals surface area contributed by atoms with Crippen molar-refractivity contribution < 1.29 is 13.9 Å². The Hall–Kier alpha value is -2.04. The van der Waals surface area contributed by atoms with Crippen molar-refractivity contribution in [2.24, 2.45) is 0 Å². The number of carbonyl (C=O) groups is 1. The van der Waals surface area contributed by atoms with Gasteiger partial charge in [0.1, 0.15) is 18.2 Å². The number of hydrogen-bond acceptors (Lipinski definition) is 3. The van der Waals surface area contributed by atoms with Gasteiger partial charge in [-0.1, -0.05) is 11.6 Å². The first-order valence-electron chi connectivity index (χ1n) is 8.73. The molecular formula is C19H25FN2O2. The van der Waals surface area contributed by atoms with Crippen LogP contribution in [0.4, 0.5) is 10.1 Å². The van der Waals surface area contributed by atoms with E-state index in [4.69, 9.17) is 4.74 Å². The largest absolute Gasteiger partial charge is 0.489 e. The van der Waals surface area contributed by atoms with Crippen LogP contribution in [-0.2, 0) is 4.79 Å². The summed E-state index contributed by atoms with van der Waals surface area (Å²) in [4.78, 5) is 14.2. The number of nitrogens with one attached hydrogen (secondary N) is 1. The lowest BCUT2D eigenvalue weighted by molar-refractivity contribution is -0.121. The van der Waals surface area contributed by atoms with Gasteiger partial charge in [0.15, 0.2) is 0 Å². The van der Waals surface area contributed by atoms with Crippen molar-refractivity contribution in [1.29, 1.82) is 0 Å². The molecule has 3 rings (SSSR count). The van der Waals surface area contributed by atoms with Crippen molar-refractivity contribution >= 4 is 11.6 Å². The molecular weight excluding hydrogens is 307 g/mol. The van der Waals surface area contributed by atoms with E-state index in [-0.39, 0.29) is 17.8 Å². The minimum Gasteiger partial charge on any atom is -0.489 e. The third-order valence-corrected chi connectivity index (χ3v) is 4.86. The number of ether oxygens (including phenoxy) is 1. The molecule has 0 aromatic heterocycles. The van der Waals surface area contributed by atoms with Crippen molar-refractivity contribution in [3.63, 3.8) is 0 Å². The van der Waals surface area contributed by atoms with E-state index in [1.165, 1.54) is 43.4 Å². The van der Waals surface area contributed by atoms with Crippen LogP contribution in [0.2, 0.25) is 0 Å². The number of likely N-dealkylation sites (N-methyl/N-ethyl adjacent to an activating group) is 1. The smallest absolute Gasteiger partial charge is 0.222 e. The lowest BCUT2D eigenvalue weighted by atomic mass is 9.97. The van der Waals surface area contributed by atoms with E-state index in [1.807, 2.05) is 11.9 Å². The van der Waals surface area contributed by atoms with Crippen LogP contribution >= 0.6 is 0 Å². The Bertz CT molecular complexity index is 630. The zero-order valence-corrected chi connectivity index (χ0v) is 14.2. The molecule has 5 heteroatoms. The second-order valence-corrected chi connectivity index (χ2v) is 6.60. The third-order valence-electron chi connectivity index (χ3n) is 4.86. The van der Waals surface area contributed by atoms with Crippen LogP contribution in [-0.4, -0.2) is 32.1 Å². The highest BCUT2D eigenvalue weighted by Gasteiger charge is 2.26. The normalized spacial score (nSPS) is 20.0. The minimum atomic E-state index is -0.310. The number of nitrogens with zero attached hydrogens (tertiary/aromatic N) is 1. The molecule has 1 aromatic carbocycles.